The molecule has 0 fully saturated rings. The lowest BCUT2D eigenvalue weighted by molar-refractivity contribution is -0.135. The molecule has 0 unspecified atom stereocenters. The van der Waals surface area contributed by atoms with Crippen LogP contribution in [0.5, 0.6) is 5.75 Å². The van der Waals surface area contributed by atoms with E-state index in [4.69, 9.17) is 9.47 Å². The van der Waals surface area contributed by atoms with Crippen LogP contribution in [-0.4, -0.2) is 12.6 Å². The highest BCUT2D eigenvalue weighted by Gasteiger charge is 2.11. The molecule has 0 bridgehead atoms. The average molecular weight is 298 g/mol. The summed E-state index contributed by atoms with van der Waals surface area (Å²) in [5.41, 5.74) is 4.20. The zero-order chi connectivity index (χ0) is 15.9. The molecule has 3 nitrogen and oxygen atoms in total. The van der Waals surface area contributed by atoms with Crippen LogP contribution in [0, 0.1) is 20.8 Å². The number of hydrogen-bond donors (Lipinski definition) is 0. The number of hydrogen-bond acceptors (Lipinski definition) is 3. The van der Waals surface area contributed by atoms with Crippen molar-refractivity contribution in [3.8, 4) is 5.75 Å². The van der Waals surface area contributed by atoms with E-state index in [2.05, 4.69) is 0 Å². The number of carbonyl (C=O) groups excluding carboxylic acids is 1. The molecular formula is C19H22O3. The third-order valence-corrected chi connectivity index (χ3v) is 3.65. The second-order valence-electron chi connectivity index (χ2n) is 5.42. The fraction of sp³-hybridized carbons (Fsp3) is 0.316. The number of rotatable bonds is 6. The summed E-state index contributed by atoms with van der Waals surface area (Å²) in [5, 5.41) is 0. The van der Waals surface area contributed by atoms with Gasteiger partial charge in [0.1, 0.15) is 5.75 Å². The summed E-state index contributed by atoms with van der Waals surface area (Å²) < 4.78 is 11.0. The van der Waals surface area contributed by atoms with Gasteiger partial charge in [0.05, 0.1) is 19.6 Å². The summed E-state index contributed by atoms with van der Waals surface area (Å²) in [7, 11) is 0. The quantitative estimate of drug-likeness (QED) is 0.457. The van der Waals surface area contributed by atoms with E-state index in [0.29, 0.717) is 19.0 Å². The summed E-state index contributed by atoms with van der Waals surface area (Å²) in [4.78, 5) is 11.9. The first-order valence-corrected chi connectivity index (χ1v) is 7.47. The van der Waals surface area contributed by atoms with Crippen LogP contribution in [-0.2, 0) is 16.1 Å². The molecule has 3 heteroatoms. The van der Waals surface area contributed by atoms with E-state index in [1.54, 1.807) is 0 Å². The molecule has 0 aliphatic rings. The summed E-state index contributed by atoms with van der Waals surface area (Å²) in [6.45, 7) is 6.79. The van der Waals surface area contributed by atoms with Gasteiger partial charge in [-0.15, -0.1) is 0 Å². The SMILES string of the molecule is Cc1ccc(C)c(OC(=O)CCOCc2ccccc2)c1C. The molecule has 0 N–H and O–H groups in total. The van der Waals surface area contributed by atoms with Gasteiger partial charge in [0, 0.05) is 0 Å². The Bertz CT molecular complexity index is 633. The Morgan fingerprint density at radius 3 is 2.36 bits per heavy atom. The Labute approximate surface area is 131 Å². The maximum atomic E-state index is 11.9. The van der Waals surface area contributed by atoms with Crippen LogP contribution >= 0.6 is 0 Å². The number of ether oxygens (including phenoxy) is 2. The Morgan fingerprint density at radius 1 is 0.955 bits per heavy atom. The van der Waals surface area contributed by atoms with Gasteiger partial charge >= 0.3 is 5.97 Å². The molecule has 2 aromatic carbocycles. The van der Waals surface area contributed by atoms with Gasteiger partial charge in [0.25, 0.3) is 0 Å². The van der Waals surface area contributed by atoms with E-state index in [1.165, 1.54) is 0 Å². The molecule has 0 atom stereocenters. The van der Waals surface area contributed by atoms with E-state index in [-0.39, 0.29) is 12.4 Å². The minimum atomic E-state index is -0.259. The van der Waals surface area contributed by atoms with Crippen LogP contribution in [0.1, 0.15) is 28.7 Å². The Balaban J connectivity index is 1.80. The zero-order valence-electron chi connectivity index (χ0n) is 13.4. The van der Waals surface area contributed by atoms with Crippen molar-refractivity contribution in [1.29, 1.82) is 0 Å². The average Bonchev–Trinajstić information content (AvgIpc) is 2.53. The minimum Gasteiger partial charge on any atom is -0.426 e. The van der Waals surface area contributed by atoms with Crippen LogP contribution < -0.4 is 4.74 Å². The maximum Gasteiger partial charge on any atom is 0.313 e. The largest absolute Gasteiger partial charge is 0.426 e. The molecule has 22 heavy (non-hydrogen) atoms. The first kappa shape index (κ1) is 16.2. The van der Waals surface area contributed by atoms with Crippen molar-refractivity contribution in [2.24, 2.45) is 0 Å². The van der Waals surface area contributed by atoms with Gasteiger partial charge in [0.2, 0.25) is 0 Å². The topological polar surface area (TPSA) is 35.5 Å². The van der Waals surface area contributed by atoms with Gasteiger partial charge in [-0.2, -0.15) is 0 Å². The summed E-state index contributed by atoms with van der Waals surface area (Å²) in [6, 6.07) is 13.9. The predicted octanol–water partition coefficient (Wildman–Crippen LogP) is 4.12. The third-order valence-electron chi connectivity index (χ3n) is 3.65. The van der Waals surface area contributed by atoms with Crippen LogP contribution in [0.15, 0.2) is 42.5 Å². The first-order valence-electron chi connectivity index (χ1n) is 7.47. The van der Waals surface area contributed by atoms with E-state index in [9.17, 15) is 4.79 Å². The van der Waals surface area contributed by atoms with Gasteiger partial charge in [-0.1, -0.05) is 42.5 Å². The second-order valence-corrected chi connectivity index (χ2v) is 5.42. The molecule has 0 aliphatic heterocycles. The van der Waals surface area contributed by atoms with Crippen LogP contribution in [0.4, 0.5) is 0 Å². The van der Waals surface area contributed by atoms with E-state index in [1.807, 2.05) is 63.2 Å². The molecule has 116 valence electrons. The number of carbonyl (C=O) groups is 1. The lowest BCUT2D eigenvalue weighted by Gasteiger charge is -2.12. The lowest BCUT2D eigenvalue weighted by Crippen LogP contribution is -2.13. The highest BCUT2D eigenvalue weighted by atomic mass is 16.5. The van der Waals surface area contributed by atoms with Crippen molar-refractivity contribution in [2.45, 2.75) is 33.8 Å². The Kier molecular flexibility index (Phi) is 5.73. The third kappa shape index (κ3) is 4.43. The Hall–Kier alpha value is -2.13. The maximum absolute atomic E-state index is 11.9. The van der Waals surface area contributed by atoms with Crippen LogP contribution in [0.25, 0.3) is 0 Å². The molecule has 0 aliphatic carbocycles. The van der Waals surface area contributed by atoms with Crippen LogP contribution in [0.3, 0.4) is 0 Å². The van der Waals surface area contributed by atoms with Crippen molar-refractivity contribution in [2.75, 3.05) is 6.61 Å². The molecule has 0 spiro atoms. The zero-order valence-corrected chi connectivity index (χ0v) is 13.4. The van der Waals surface area contributed by atoms with Crippen molar-refractivity contribution < 1.29 is 14.3 Å². The molecule has 2 rings (SSSR count). The van der Waals surface area contributed by atoms with Crippen molar-refractivity contribution in [3.63, 3.8) is 0 Å². The van der Waals surface area contributed by atoms with E-state index >= 15 is 0 Å². The number of esters is 1. The van der Waals surface area contributed by atoms with Crippen molar-refractivity contribution in [3.05, 3.63) is 64.7 Å². The first-order chi connectivity index (χ1) is 10.6. The van der Waals surface area contributed by atoms with E-state index in [0.717, 1.165) is 22.3 Å². The fourth-order valence-corrected chi connectivity index (χ4v) is 2.17. The van der Waals surface area contributed by atoms with Crippen molar-refractivity contribution >= 4 is 5.97 Å². The van der Waals surface area contributed by atoms with Crippen LogP contribution in [0.2, 0.25) is 0 Å². The summed E-state index contributed by atoms with van der Waals surface area (Å²) in [6.07, 6.45) is 0.250. The number of aryl methyl sites for hydroxylation is 2. The van der Waals surface area contributed by atoms with Gasteiger partial charge in [-0.25, -0.2) is 0 Å². The number of benzene rings is 2. The summed E-state index contributed by atoms with van der Waals surface area (Å²) >= 11 is 0. The molecule has 0 radical (unpaired) electrons. The highest BCUT2D eigenvalue weighted by molar-refractivity contribution is 5.73. The normalized spacial score (nSPS) is 10.5. The monoisotopic (exact) mass is 298 g/mol. The van der Waals surface area contributed by atoms with Gasteiger partial charge in [0.15, 0.2) is 0 Å². The molecule has 0 aromatic heterocycles. The van der Waals surface area contributed by atoms with E-state index < -0.39 is 0 Å². The van der Waals surface area contributed by atoms with Gasteiger partial charge < -0.3 is 9.47 Å². The molecule has 0 heterocycles. The fourth-order valence-electron chi connectivity index (χ4n) is 2.17. The van der Waals surface area contributed by atoms with Gasteiger partial charge in [-0.05, 0) is 43.0 Å². The predicted molar refractivity (Wildman–Crippen MR) is 87.0 cm³/mol. The molecule has 0 saturated carbocycles. The molecule has 2 aromatic rings. The molecular weight excluding hydrogens is 276 g/mol. The summed E-state index contributed by atoms with van der Waals surface area (Å²) in [5.74, 6) is 0.415. The lowest BCUT2D eigenvalue weighted by atomic mass is 10.1. The van der Waals surface area contributed by atoms with Crippen molar-refractivity contribution in [1.82, 2.24) is 0 Å². The highest BCUT2D eigenvalue weighted by Crippen LogP contribution is 2.26. The Morgan fingerprint density at radius 2 is 1.64 bits per heavy atom. The minimum absolute atomic E-state index is 0.250. The second kappa shape index (κ2) is 7.76. The molecule has 0 saturated heterocycles. The standard InChI is InChI=1S/C19H22O3/c1-14-9-10-15(2)19(16(14)3)22-18(20)11-12-21-13-17-7-5-4-6-8-17/h4-10H,11-13H2,1-3H3. The molecule has 0 amide bonds. The smallest absolute Gasteiger partial charge is 0.313 e. The van der Waals surface area contributed by atoms with Gasteiger partial charge in [-0.3, -0.25) is 4.79 Å².